The number of nitrogens with one attached hydrogen (secondary N) is 1. The molecule has 1 aliphatic heterocycles. The summed E-state index contributed by atoms with van der Waals surface area (Å²) < 4.78 is 5.36. The number of nitrogen functional groups attached to an aromatic ring is 1. The van der Waals surface area contributed by atoms with Crippen molar-refractivity contribution in [3.8, 4) is 0 Å². The van der Waals surface area contributed by atoms with Crippen LogP contribution in [0.25, 0.3) is 0 Å². The van der Waals surface area contributed by atoms with Crippen molar-refractivity contribution < 1.29 is 9.53 Å². The van der Waals surface area contributed by atoms with E-state index in [2.05, 4.69) is 17.2 Å². The molecular weight excluding hydrogens is 230 g/mol. The number of carbonyl (C=O) groups excluding carboxylic acids is 1. The Bertz CT molecular complexity index is 448. The number of carbonyl (C=O) groups is 1. The Morgan fingerprint density at radius 1 is 1.61 bits per heavy atom. The lowest BCUT2D eigenvalue weighted by molar-refractivity contribution is 0.0375. The second-order valence-corrected chi connectivity index (χ2v) is 4.82. The number of aromatic nitrogens is 1. The van der Waals surface area contributed by atoms with Crippen molar-refractivity contribution in [1.29, 1.82) is 0 Å². The van der Waals surface area contributed by atoms with Crippen LogP contribution in [0.4, 0.5) is 5.69 Å². The molecule has 2 atom stereocenters. The third-order valence-electron chi connectivity index (χ3n) is 3.31. The maximum absolute atomic E-state index is 12.2. The van der Waals surface area contributed by atoms with Crippen LogP contribution in [0.1, 0.15) is 29.4 Å². The van der Waals surface area contributed by atoms with Crippen LogP contribution in [0, 0.1) is 12.8 Å². The monoisotopic (exact) mass is 249 g/mol. The predicted molar refractivity (Wildman–Crippen MR) is 69.2 cm³/mol. The lowest BCUT2D eigenvalue weighted by atomic mass is 9.97. The smallest absolute Gasteiger partial charge is 0.253 e. The topological polar surface area (TPSA) is 77.2 Å². The highest BCUT2D eigenvalue weighted by molar-refractivity contribution is 5.96. The Hall–Kier alpha value is -1.62. The number of rotatable bonds is 2. The molecular formula is C13H19N3O2. The first-order valence-corrected chi connectivity index (χ1v) is 6.18. The Kier molecular flexibility index (Phi) is 3.81. The molecule has 1 aromatic rings. The number of nitrogens with two attached hydrogens (primary N) is 1. The maximum atomic E-state index is 12.2. The highest BCUT2D eigenvalue weighted by Gasteiger charge is 2.24. The van der Waals surface area contributed by atoms with Gasteiger partial charge in [-0.25, -0.2) is 0 Å². The van der Waals surface area contributed by atoms with Gasteiger partial charge in [-0.3, -0.25) is 9.78 Å². The summed E-state index contributed by atoms with van der Waals surface area (Å²) in [5.74, 6) is 0.225. The SMILES string of the molecule is Cc1ncc(N)cc1C(=O)NC1CCOCC1C. The van der Waals surface area contributed by atoms with Crippen LogP contribution in [0.3, 0.4) is 0 Å². The summed E-state index contributed by atoms with van der Waals surface area (Å²) in [6, 6.07) is 1.83. The lowest BCUT2D eigenvalue weighted by Gasteiger charge is -2.29. The van der Waals surface area contributed by atoms with Gasteiger partial charge >= 0.3 is 0 Å². The van der Waals surface area contributed by atoms with Gasteiger partial charge in [-0.2, -0.15) is 0 Å². The second kappa shape index (κ2) is 5.35. The van der Waals surface area contributed by atoms with Gasteiger partial charge in [-0.1, -0.05) is 6.92 Å². The van der Waals surface area contributed by atoms with Gasteiger partial charge < -0.3 is 15.8 Å². The summed E-state index contributed by atoms with van der Waals surface area (Å²) in [6.07, 6.45) is 2.41. The third kappa shape index (κ3) is 2.79. The second-order valence-electron chi connectivity index (χ2n) is 4.82. The van der Waals surface area contributed by atoms with Crippen LogP contribution >= 0.6 is 0 Å². The Labute approximate surface area is 107 Å². The van der Waals surface area contributed by atoms with Crippen molar-refractivity contribution in [2.75, 3.05) is 18.9 Å². The van der Waals surface area contributed by atoms with E-state index in [9.17, 15) is 4.79 Å². The van der Waals surface area contributed by atoms with Crippen LogP contribution in [0.15, 0.2) is 12.3 Å². The predicted octanol–water partition coefficient (Wildman–Crippen LogP) is 1.13. The van der Waals surface area contributed by atoms with Crippen LogP contribution in [-0.2, 0) is 4.74 Å². The number of pyridine rings is 1. The molecule has 5 heteroatoms. The number of hydrogen-bond acceptors (Lipinski definition) is 4. The van der Waals surface area contributed by atoms with Crippen LogP contribution in [0.2, 0.25) is 0 Å². The average molecular weight is 249 g/mol. The van der Waals surface area contributed by atoms with Crippen molar-refractivity contribution in [3.63, 3.8) is 0 Å². The first-order valence-electron chi connectivity index (χ1n) is 6.18. The molecule has 0 radical (unpaired) electrons. The zero-order chi connectivity index (χ0) is 13.1. The lowest BCUT2D eigenvalue weighted by Crippen LogP contribution is -2.44. The fourth-order valence-electron chi connectivity index (χ4n) is 2.12. The van der Waals surface area contributed by atoms with Crippen LogP contribution in [-0.4, -0.2) is 30.1 Å². The molecule has 3 N–H and O–H groups in total. The molecule has 2 heterocycles. The molecule has 1 aromatic heterocycles. The average Bonchev–Trinajstić information content (AvgIpc) is 2.35. The molecule has 0 spiro atoms. The van der Waals surface area contributed by atoms with E-state index in [1.165, 1.54) is 0 Å². The van der Waals surface area contributed by atoms with Crippen LogP contribution < -0.4 is 11.1 Å². The largest absolute Gasteiger partial charge is 0.397 e. The van der Waals surface area contributed by atoms with Crippen molar-refractivity contribution in [3.05, 3.63) is 23.5 Å². The van der Waals surface area contributed by atoms with Gasteiger partial charge in [0.05, 0.1) is 29.7 Å². The molecule has 1 amide bonds. The quantitative estimate of drug-likeness (QED) is 0.823. The van der Waals surface area contributed by atoms with E-state index in [-0.39, 0.29) is 11.9 Å². The Morgan fingerprint density at radius 2 is 2.39 bits per heavy atom. The van der Waals surface area contributed by atoms with Gasteiger partial charge in [-0.05, 0) is 25.3 Å². The number of aryl methyl sites for hydroxylation is 1. The van der Waals surface area contributed by atoms with Gasteiger partial charge in [0.15, 0.2) is 0 Å². The van der Waals surface area contributed by atoms with E-state index in [4.69, 9.17) is 10.5 Å². The molecule has 5 nitrogen and oxygen atoms in total. The highest BCUT2D eigenvalue weighted by Crippen LogP contribution is 2.16. The molecule has 0 bridgehead atoms. The fraction of sp³-hybridized carbons (Fsp3) is 0.538. The summed E-state index contributed by atoms with van der Waals surface area (Å²) >= 11 is 0. The summed E-state index contributed by atoms with van der Waals surface area (Å²) in [5.41, 5.74) is 7.41. The molecule has 18 heavy (non-hydrogen) atoms. The van der Waals surface area contributed by atoms with Gasteiger partial charge in [0.25, 0.3) is 5.91 Å². The molecule has 1 aliphatic rings. The van der Waals surface area contributed by atoms with E-state index in [0.717, 1.165) is 6.42 Å². The third-order valence-corrected chi connectivity index (χ3v) is 3.31. The molecule has 2 unspecified atom stereocenters. The molecule has 0 aliphatic carbocycles. The molecule has 1 fully saturated rings. The number of amides is 1. The summed E-state index contributed by atoms with van der Waals surface area (Å²) in [6.45, 7) is 5.28. The number of ether oxygens (including phenoxy) is 1. The van der Waals surface area contributed by atoms with Crippen LogP contribution in [0.5, 0.6) is 0 Å². The Balaban J connectivity index is 2.09. The first kappa shape index (κ1) is 12.8. The minimum atomic E-state index is -0.106. The molecule has 98 valence electrons. The van der Waals surface area contributed by atoms with Gasteiger partial charge in [0.1, 0.15) is 0 Å². The van der Waals surface area contributed by atoms with Gasteiger partial charge in [0.2, 0.25) is 0 Å². The van der Waals surface area contributed by atoms with E-state index >= 15 is 0 Å². The highest BCUT2D eigenvalue weighted by atomic mass is 16.5. The summed E-state index contributed by atoms with van der Waals surface area (Å²) in [5, 5.41) is 3.04. The minimum absolute atomic E-state index is 0.106. The molecule has 0 aromatic carbocycles. The van der Waals surface area contributed by atoms with Crippen molar-refractivity contribution in [2.24, 2.45) is 5.92 Å². The first-order chi connectivity index (χ1) is 8.58. The van der Waals surface area contributed by atoms with E-state index in [1.807, 2.05) is 6.92 Å². The fourth-order valence-corrected chi connectivity index (χ4v) is 2.12. The van der Waals surface area contributed by atoms with Crippen molar-refractivity contribution in [1.82, 2.24) is 10.3 Å². The molecule has 2 rings (SSSR count). The van der Waals surface area contributed by atoms with Gasteiger partial charge in [-0.15, -0.1) is 0 Å². The Morgan fingerprint density at radius 3 is 3.11 bits per heavy atom. The van der Waals surface area contributed by atoms with Gasteiger partial charge in [0, 0.05) is 12.6 Å². The number of nitrogens with zero attached hydrogens (tertiary/aromatic N) is 1. The molecule has 0 saturated carbocycles. The summed E-state index contributed by atoms with van der Waals surface area (Å²) in [7, 11) is 0. The zero-order valence-corrected chi connectivity index (χ0v) is 10.8. The maximum Gasteiger partial charge on any atom is 0.253 e. The zero-order valence-electron chi connectivity index (χ0n) is 10.8. The minimum Gasteiger partial charge on any atom is -0.397 e. The van der Waals surface area contributed by atoms with E-state index in [1.54, 1.807) is 12.3 Å². The van der Waals surface area contributed by atoms with Crippen molar-refractivity contribution in [2.45, 2.75) is 26.3 Å². The number of hydrogen-bond donors (Lipinski definition) is 2. The molecule has 1 saturated heterocycles. The number of anilines is 1. The standard InChI is InChI=1S/C13H19N3O2/c1-8-7-18-4-3-12(8)16-13(17)11-5-10(14)6-15-9(11)2/h5-6,8,12H,3-4,7,14H2,1-2H3,(H,16,17). The van der Waals surface area contributed by atoms with Crippen molar-refractivity contribution >= 4 is 11.6 Å². The van der Waals surface area contributed by atoms with E-state index in [0.29, 0.717) is 36.1 Å². The summed E-state index contributed by atoms with van der Waals surface area (Å²) in [4.78, 5) is 16.3. The normalized spacial score (nSPS) is 23.7. The van der Waals surface area contributed by atoms with E-state index < -0.39 is 0 Å².